The van der Waals surface area contributed by atoms with Gasteiger partial charge in [-0.15, -0.1) is 0 Å². The fourth-order valence-corrected chi connectivity index (χ4v) is 2.50. The zero-order valence-electron chi connectivity index (χ0n) is 9.44. The number of nitrogens with two attached hydrogens (primary N) is 1. The Bertz CT molecular complexity index is 436. The summed E-state index contributed by atoms with van der Waals surface area (Å²) in [5.74, 6) is 3.28. The molecule has 1 aromatic rings. The van der Waals surface area contributed by atoms with Gasteiger partial charge in [-0.1, -0.05) is 0 Å². The van der Waals surface area contributed by atoms with Crippen molar-refractivity contribution in [2.75, 3.05) is 11.1 Å². The topological polar surface area (TPSA) is 104 Å². The summed E-state index contributed by atoms with van der Waals surface area (Å²) < 4.78 is 0. The van der Waals surface area contributed by atoms with Crippen molar-refractivity contribution >= 4 is 17.7 Å². The van der Waals surface area contributed by atoms with Crippen molar-refractivity contribution in [3.8, 4) is 0 Å². The van der Waals surface area contributed by atoms with Crippen LogP contribution in [0, 0.1) is 11.8 Å². The smallest absolute Gasteiger partial charge is 0.410 e. The molecule has 2 aliphatic rings. The minimum absolute atomic E-state index is 0.235. The zero-order chi connectivity index (χ0) is 12.0. The predicted molar refractivity (Wildman–Crippen MR) is 62.8 cm³/mol. The maximum atomic E-state index is 10.6. The first kappa shape index (κ1) is 10.4. The Morgan fingerprint density at radius 3 is 2.47 bits per heavy atom. The molecule has 6 nitrogen and oxygen atoms in total. The van der Waals surface area contributed by atoms with Gasteiger partial charge in [0.1, 0.15) is 11.6 Å². The molecular formula is C11H16N4O2. The molecule has 1 amide bonds. The van der Waals surface area contributed by atoms with Gasteiger partial charge in [0.2, 0.25) is 0 Å². The summed E-state index contributed by atoms with van der Waals surface area (Å²) in [7, 11) is 0. The van der Waals surface area contributed by atoms with E-state index in [2.05, 4.69) is 15.3 Å². The number of aromatic amines is 1. The third-order valence-corrected chi connectivity index (χ3v) is 3.55. The minimum atomic E-state index is -1.14. The van der Waals surface area contributed by atoms with E-state index in [1.165, 1.54) is 25.7 Å². The molecule has 2 aliphatic carbocycles. The number of anilines is 2. The van der Waals surface area contributed by atoms with Gasteiger partial charge in [-0.05, 0) is 37.5 Å². The van der Waals surface area contributed by atoms with E-state index in [0.29, 0.717) is 23.6 Å². The van der Waals surface area contributed by atoms with Crippen molar-refractivity contribution in [3.05, 3.63) is 5.82 Å². The highest BCUT2D eigenvalue weighted by atomic mass is 16.4. The van der Waals surface area contributed by atoms with Gasteiger partial charge < -0.3 is 15.8 Å². The Morgan fingerprint density at radius 1 is 1.41 bits per heavy atom. The lowest BCUT2D eigenvalue weighted by Gasteiger charge is -2.11. The van der Waals surface area contributed by atoms with Crippen LogP contribution in [0.3, 0.4) is 0 Å². The van der Waals surface area contributed by atoms with E-state index in [1.807, 2.05) is 0 Å². The molecule has 1 heterocycles. The Morgan fingerprint density at radius 2 is 2.00 bits per heavy atom. The van der Waals surface area contributed by atoms with Crippen molar-refractivity contribution in [2.24, 2.45) is 11.8 Å². The number of carbonyl (C=O) groups is 1. The number of carboxylic acid groups (broad SMARTS) is 1. The van der Waals surface area contributed by atoms with Gasteiger partial charge >= 0.3 is 6.09 Å². The molecule has 1 aromatic heterocycles. The minimum Gasteiger partial charge on any atom is -0.465 e. The van der Waals surface area contributed by atoms with Crippen LogP contribution in [0.1, 0.15) is 37.4 Å². The fraction of sp³-hybridized carbons (Fsp3) is 0.636. The molecule has 92 valence electrons. The van der Waals surface area contributed by atoms with Gasteiger partial charge in [-0.25, -0.2) is 9.78 Å². The first-order valence-electron chi connectivity index (χ1n) is 6.00. The first-order valence-corrected chi connectivity index (χ1v) is 6.00. The second kappa shape index (κ2) is 3.65. The van der Waals surface area contributed by atoms with Crippen molar-refractivity contribution in [3.63, 3.8) is 0 Å². The lowest BCUT2D eigenvalue weighted by molar-refractivity contribution is 0.209. The van der Waals surface area contributed by atoms with Gasteiger partial charge in [0.05, 0.1) is 0 Å². The molecule has 0 bridgehead atoms. The maximum Gasteiger partial charge on any atom is 0.410 e. The molecule has 0 atom stereocenters. The number of aromatic nitrogens is 2. The number of hydrogen-bond donors (Lipinski definition) is 4. The van der Waals surface area contributed by atoms with Crippen LogP contribution in [0.4, 0.5) is 16.4 Å². The van der Waals surface area contributed by atoms with Gasteiger partial charge in [0.15, 0.2) is 5.82 Å². The summed E-state index contributed by atoms with van der Waals surface area (Å²) in [6.07, 6.45) is 3.88. The highest BCUT2D eigenvalue weighted by Crippen LogP contribution is 2.54. The molecule has 6 heteroatoms. The van der Waals surface area contributed by atoms with Crippen LogP contribution in [-0.4, -0.2) is 21.2 Å². The number of nitrogens with zero attached hydrogens (tertiary/aromatic N) is 1. The molecule has 5 N–H and O–H groups in total. The normalized spacial score (nSPS) is 19.6. The van der Waals surface area contributed by atoms with Gasteiger partial charge in [0, 0.05) is 5.92 Å². The SMILES string of the molecule is Nc1[nH]c(C(C2CC2)C2CC2)nc1NC(=O)O. The van der Waals surface area contributed by atoms with Crippen LogP contribution in [0.25, 0.3) is 0 Å². The van der Waals surface area contributed by atoms with E-state index in [-0.39, 0.29) is 5.82 Å². The van der Waals surface area contributed by atoms with E-state index < -0.39 is 6.09 Å². The second-order valence-electron chi connectivity index (χ2n) is 5.02. The fourth-order valence-electron chi connectivity index (χ4n) is 2.50. The summed E-state index contributed by atoms with van der Waals surface area (Å²) in [5, 5.41) is 10.9. The van der Waals surface area contributed by atoms with Crippen LogP contribution in [0.2, 0.25) is 0 Å². The van der Waals surface area contributed by atoms with Crippen LogP contribution in [0.15, 0.2) is 0 Å². The van der Waals surface area contributed by atoms with Gasteiger partial charge in [0.25, 0.3) is 0 Å². The lowest BCUT2D eigenvalue weighted by atomic mass is 9.97. The van der Waals surface area contributed by atoms with Gasteiger partial charge in [-0.2, -0.15) is 0 Å². The molecule has 0 unspecified atom stereocenters. The molecular weight excluding hydrogens is 220 g/mol. The quantitative estimate of drug-likeness (QED) is 0.641. The summed E-state index contributed by atoms with van der Waals surface area (Å²) in [6.45, 7) is 0. The van der Waals surface area contributed by atoms with Crippen molar-refractivity contribution in [1.82, 2.24) is 9.97 Å². The van der Waals surface area contributed by atoms with Crippen LogP contribution in [0.5, 0.6) is 0 Å². The second-order valence-corrected chi connectivity index (χ2v) is 5.02. The van der Waals surface area contributed by atoms with Crippen molar-refractivity contribution in [2.45, 2.75) is 31.6 Å². The molecule has 0 radical (unpaired) electrons. The predicted octanol–water partition coefficient (Wildman–Crippen LogP) is 1.99. The Labute approximate surface area is 98.6 Å². The molecule has 0 aliphatic heterocycles. The average Bonchev–Trinajstić information content (AvgIpc) is 3.09. The van der Waals surface area contributed by atoms with Crippen molar-refractivity contribution < 1.29 is 9.90 Å². The first-order chi connectivity index (χ1) is 8.15. The summed E-state index contributed by atoms with van der Waals surface area (Å²) in [4.78, 5) is 17.9. The standard InChI is InChI=1S/C11H16N4O2/c12-8-10(15-11(16)17)14-9(13-8)7(5-1-2-5)6-3-4-6/h5-7,15H,1-4,12H2,(H,13,14)(H,16,17). The van der Waals surface area contributed by atoms with Gasteiger partial charge in [-0.3, -0.25) is 5.32 Å². The summed E-state index contributed by atoms with van der Waals surface area (Å²) in [6, 6.07) is 0. The molecule has 0 saturated heterocycles. The number of amides is 1. The number of hydrogen-bond acceptors (Lipinski definition) is 3. The molecule has 17 heavy (non-hydrogen) atoms. The monoisotopic (exact) mass is 236 g/mol. The highest BCUT2D eigenvalue weighted by Gasteiger charge is 2.44. The number of nitrogens with one attached hydrogen (secondary N) is 2. The lowest BCUT2D eigenvalue weighted by Crippen LogP contribution is -2.09. The third kappa shape index (κ3) is 2.07. The van der Waals surface area contributed by atoms with Crippen LogP contribution < -0.4 is 11.1 Å². The van der Waals surface area contributed by atoms with Crippen molar-refractivity contribution in [1.29, 1.82) is 0 Å². The van der Waals surface area contributed by atoms with E-state index in [1.54, 1.807) is 0 Å². The molecule has 2 saturated carbocycles. The number of H-pyrrole nitrogens is 1. The summed E-state index contributed by atoms with van der Waals surface area (Å²) in [5.41, 5.74) is 5.72. The Balaban J connectivity index is 1.83. The number of imidazole rings is 1. The average molecular weight is 236 g/mol. The summed E-state index contributed by atoms with van der Waals surface area (Å²) >= 11 is 0. The highest BCUT2D eigenvalue weighted by molar-refractivity contribution is 5.84. The molecule has 0 aromatic carbocycles. The van der Waals surface area contributed by atoms with E-state index in [4.69, 9.17) is 10.8 Å². The third-order valence-electron chi connectivity index (χ3n) is 3.55. The van der Waals surface area contributed by atoms with Crippen LogP contribution in [-0.2, 0) is 0 Å². The molecule has 3 rings (SSSR count). The largest absolute Gasteiger partial charge is 0.465 e. The maximum absolute atomic E-state index is 10.6. The number of rotatable bonds is 4. The Kier molecular flexibility index (Phi) is 2.24. The van der Waals surface area contributed by atoms with Crippen LogP contribution >= 0.6 is 0 Å². The molecule has 2 fully saturated rings. The molecule has 0 spiro atoms. The zero-order valence-corrected chi connectivity index (χ0v) is 9.44. The van der Waals surface area contributed by atoms with E-state index in [9.17, 15) is 4.79 Å². The Hall–Kier alpha value is -1.72. The van der Waals surface area contributed by atoms with E-state index in [0.717, 1.165) is 5.82 Å². The number of nitrogen functional groups attached to an aromatic ring is 1. The van der Waals surface area contributed by atoms with E-state index >= 15 is 0 Å².